The highest BCUT2D eigenvalue weighted by Gasteiger charge is 2.55. The average Bonchev–Trinajstić information content (AvgIpc) is 3.45. The fourth-order valence-electron chi connectivity index (χ4n) is 5.75. The van der Waals surface area contributed by atoms with Crippen molar-refractivity contribution in [1.82, 2.24) is 10.2 Å². The molecular formula is C33H40N6O7S. The van der Waals surface area contributed by atoms with Crippen molar-refractivity contribution in [3.8, 4) is 0 Å². The monoisotopic (exact) mass is 664 g/mol. The Hall–Kier alpha value is -4.82. The van der Waals surface area contributed by atoms with Crippen LogP contribution in [0.15, 0.2) is 71.6 Å². The Kier molecular flexibility index (Phi) is 9.51. The first-order chi connectivity index (χ1) is 21.8. The van der Waals surface area contributed by atoms with Gasteiger partial charge in [-0.05, 0) is 69.0 Å². The van der Waals surface area contributed by atoms with Crippen molar-refractivity contribution in [2.24, 2.45) is 17.2 Å². The lowest BCUT2D eigenvalue weighted by atomic mass is 9.85. The van der Waals surface area contributed by atoms with Crippen molar-refractivity contribution in [2.75, 3.05) is 6.54 Å². The number of sulfone groups is 1. The normalized spacial score (nSPS) is 18.6. The van der Waals surface area contributed by atoms with E-state index in [1.807, 2.05) is 0 Å². The zero-order valence-electron chi connectivity index (χ0n) is 26.7. The maximum absolute atomic E-state index is 14.1. The Morgan fingerprint density at radius 3 is 2.19 bits per heavy atom. The van der Waals surface area contributed by atoms with Crippen molar-refractivity contribution >= 4 is 50.1 Å². The first-order valence-electron chi connectivity index (χ1n) is 14.9. The Bertz CT molecular complexity index is 1850. The summed E-state index contributed by atoms with van der Waals surface area (Å²) < 4.78 is 33.6. The van der Waals surface area contributed by atoms with Gasteiger partial charge in [0.1, 0.15) is 17.5 Å². The molecule has 0 aromatic heterocycles. The lowest BCUT2D eigenvalue weighted by molar-refractivity contribution is -0.173. The molecule has 14 heteroatoms. The molecule has 4 rings (SSSR count). The van der Waals surface area contributed by atoms with Crippen LogP contribution in [0.5, 0.6) is 0 Å². The van der Waals surface area contributed by atoms with Gasteiger partial charge in [-0.15, -0.1) is 0 Å². The Morgan fingerprint density at radius 2 is 1.62 bits per heavy atom. The molecule has 3 atom stereocenters. The van der Waals surface area contributed by atoms with Gasteiger partial charge in [-0.3, -0.25) is 19.8 Å². The van der Waals surface area contributed by atoms with Gasteiger partial charge in [-0.1, -0.05) is 54.6 Å². The number of carbonyl (C=O) groups is 4. The number of nitrogens with one attached hydrogen (secondary N) is 2. The van der Waals surface area contributed by atoms with Crippen LogP contribution in [0.4, 0.5) is 0 Å². The number of hydrogen-bond donors (Lipinski definition) is 5. The standard InChI is InChI=1S/C33H40N6O7S/c1-20(38-29(42)33(37,19-26(34)40)47(44,45)25-15-12-21-8-5-6-9-23(21)18-25)28(41)39-17-7-16-32(39,30(43)46-31(2,3)4)24-13-10-22(11-14-24)27(35)36/h5-6,8-15,18,20H,7,16-17,19,37H2,1-4H3,(H2,34,40)(H3,35,36)(H,38,42)/t20-,32+,33+/m0/s1. The Balaban J connectivity index is 1.70. The summed E-state index contributed by atoms with van der Waals surface area (Å²) in [6.07, 6.45) is -0.478. The largest absolute Gasteiger partial charge is 0.458 e. The average molecular weight is 665 g/mol. The zero-order chi connectivity index (χ0) is 34.9. The fourth-order valence-corrected chi connectivity index (χ4v) is 7.34. The van der Waals surface area contributed by atoms with E-state index in [9.17, 15) is 27.6 Å². The number of amidine groups is 1. The molecule has 0 radical (unpaired) electrons. The highest BCUT2D eigenvalue weighted by molar-refractivity contribution is 7.93. The van der Waals surface area contributed by atoms with E-state index in [1.54, 1.807) is 75.4 Å². The third-order valence-corrected chi connectivity index (χ3v) is 10.3. The van der Waals surface area contributed by atoms with Gasteiger partial charge in [0.15, 0.2) is 5.54 Å². The number of nitrogens with zero attached hydrogens (tertiary/aromatic N) is 1. The predicted octanol–water partition coefficient (Wildman–Crippen LogP) is 1.79. The van der Waals surface area contributed by atoms with Crippen LogP contribution < -0.4 is 22.5 Å². The van der Waals surface area contributed by atoms with E-state index in [1.165, 1.54) is 24.0 Å². The SMILES string of the molecule is C[C@H](NC(=O)[C@@](N)(CC(N)=O)S(=O)(=O)c1ccc2ccccc2c1)C(=O)N1CCC[C@]1(C(=O)OC(C)(C)C)c1ccc(C(=N)N)cc1. The number of esters is 1. The van der Waals surface area contributed by atoms with E-state index in [2.05, 4.69) is 5.32 Å². The van der Waals surface area contributed by atoms with Crippen LogP contribution in [-0.2, 0) is 39.3 Å². The van der Waals surface area contributed by atoms with Gasteiger partial charge in [0.25, 0.3) is 5.91 Å². The predicted molar refractivity (Wildman–Crippen MR) is 175 cm³/mol. The van der Waals surface area contributed by atoms with Crippen molar-refractivity contribution in [2.45, 2.75) is 73.9 Å². The molecular weight excluding hydrogens is 624 g/mol. The number of nitrogen functional groups attached to an aromatic ring is 1. The number of fused-ring (bicyclic) bond motifs is 1. The highest BCUT2D eigenvalue weighted by Crippen LogP contribution is 2.42. The third-order valence-electron chi connectivity index (χ3n) is 8.11. The molecule has 3 aromatic rings. The van der Waals surface area contributed by atoms with E-state index in [0.29, 0.717) is 22.9 Å². The maximum Gasteiger partial charge on any atom is 0.337 e. The summed E-state index contributed by atoms with van der Waals surface area (Å²) in [5.41, 5.74) is 15.6. The summed E-state index contributed by atoms with van der Waals surface area (Å²) in [5, 5.41) is 11.4. The third kappa shape index (κ3) is 6.69. The maximum atomic E-state index is 14.1. The highest BCUT2D eigenvalue weighted by atomic mass is 32.2. The van der Waals surface area contributed by atoms with Crippen molar-refractivity contribution in [3.05, 3.63) is 77.9 Å². The van der Waals surface area contributed by atoms with Gasteiger partial charge in [-0.25, -0.2) is 13.2 Å². The lowest BCUT2D eigenvalue weighted by Crippen LogP contribution is -2.64. The minimum Gasteiger partial charge on any atom is -0.458 e. The van der Waals surface area contributed by atoms with E-state index in [0.717, 1.165) is 5.39 Å². The quantitative estimate of drug-likeness (QED) is 0.121. The molecule has 1 aliphatic rings. The van der Waals surface area contributed by atoms with Crippen LogP contribution in [0, 0.1) is 5.41 Å². The number of carbonyl (C=O) groups excluding carboxylic acids is 4. The number of benzene rings is 3. The van der Waals surface area contributed by atoms with Gasteiger partial charge in [-0.2, -0.15) is 0 Å². The first kappa shape index (κ1) is 35.0. The molecule has 0 unspecified atom stereocenters. The van der Waals surface area contributed by atoms with Crippen LogP contribution in [0.2, 0.25) is 0 Å². The molecule has 0 bridgehead atoms. The number of likely N-dealkylation sites (tertiary alicyclic amines) is 1. The summed E-state index contributed by atoms with van der Waals surface area (Å²) in [6, 6.07) is 16.0. The van der Waals surface area contributed by atoms with Crippen LogP contribution in [0.3, 0.4) is 0 Å². The lowest BCUT2D eigenvalue weighted by Gasteiger charge is -2.40. The summed E-state index contributed by atoms with van der Waals surface area (Å²) in [4.78, 5) is 51.9. The minimum absolute atomic E-state index is 0.108. The summed E-state index contributed by atoms with van der Waals surface area (Å²) in [7, 11) is -4.75. The van der Waals surface area contributed by atoms with E-state index >= 15 is 0 Å². The number of ether oxygens (including phenoxy) is 1. The van der Waals surface area contributed by atoms with E-state index in [4.69, 9.17) is 27.3 Å². The molecule has 8 N–H and O–H groups in total. The molecule has 1 aliphatic heterocycles. The summed E-state index contributed by atoms with van der Waals surface area (Å²) >= 11 is 0. The summed E-state index contributed by atoms with van der Waals surface area (Å²) in [6.45, 7) is 6.51. The molecule has 250 valence electrons. The topological polar surface area (TPSA) is 229 Å². The second kappa shape index (κ2) is 12.8. The smallest absolute Gasteiger partial charge is 0.337 e. The van der Waals surface area contributed by atoms with Gasteiger partial charge in [0, 0.05) is 12.1 Å². The van der Waals surface area contributed by atoms with E-state index < -0.39 is 62.0 Å². The molecule has 3 aromatic carbocycles. The number of rotatable bonds is 10. The number of primary amides is 1. The molecule has 0 spiro atoms. The molecule has 3 amide bonds. The molecule has 0 aliphatic carbocycles. The number of nitrogens with two attached hydrogens (primary N) is 3. The van der Waals surface area contributed by atoms with Crippen LogP contribution in [0.1, 0.15) is 58.1 Å². The van der Waals surface area contributed by atoms with Gasteiger partial charge in [0.2, 0.25) is 26.5 Å². The fraction of sp³-hybridized carbons (Fsp3) is 0.364. The minimum atomic E-state index is -4.75. The molecule has 1 fully saturated rings. The van der Waals surface area contributed by atoms with Crippen molar-refractivity contribution in [3.63, 3.8) is 0 Å². The molecule has 47 heavy (non-hydrogen) atoms. The van der Waals surface area contributed by atoms with Crippen LogP contribution >= 0.6 is 0 Å². The Morgan fingerprint density at radius 1 is 1.00 bits per heavy atom. The van der Waals surface area contributed by atoms with Crippen LogP contribution in [0.25, 0.3) is 10.8 Å². The van der Waals surface area contributed by atoms with Crippen molar-refractivity contribution < 1.29 is 32.3 Å². The second-order valence-electron chi connectivity index (χ2n) is 12.7. The van der Waals surface area contributed by atoms with Gasteiger partial charge >= 0.3 is 5.97 Å². The van der Waals surface area contributed by atoms with Crippen molar-refractivity contribution in [1.29, 1.82) is 5.41 Å². The molecule has 1 saturated heterocycles. The zero-order valence-corrected chi connectivity index (χ0v) is 27.5. The first-order valence-corrected chi connectivity index (χ1v) is 16.4. The second-order valence-corrected chi connectivity index (χ2v) is 14.9. The van der Waals surface area contributed by atoms with Crippen LogP contribution in [-0.4, -0.2) is 65.9 Å². The number of amides is 3. The Labute approximate surface area is 273 Å². The molecule has 13 nitrogen and oxygen atoms in total. The number of hydrogen-bond acceptors (Lipinski definition) is 9. The van der Waals surface area contributed by atoms with Gasteiger partial charge < -0.3 is 32.2 Å². The van der Waals surface area contributed by atoms with E-state index in [-0.39, 0.29) is 23.7 Å². The summed E-state index contributed by atoms with van der Waals surface area (Å²) in [5.74, 6) is -4.08. The molecule has 0 saturated carbocycles. The van der Waals surface area contributed by atoms with Gasteiger partial charge in [0.05, 0.1) is 11.3 Å². The molecule has 1 heterocycles.